The molecular formula is C9H16N2. The first-order valence-electron chi connectivity index (χ1n) is 3.98. The Hall–Kier alpha value is -0.920. The van der Waals surface area contributed by atoms with E-state index in [4.69, 9.17) is 0 Å². The van der Waals surface area contributed by atoms with Crippen LogP contribution in [0.3, 0.4) is 0 Å². The molecule has 0 aliphatic carbocycles. The summed E-state index contributed by atoms with van der Waals surface area (Å²) in [5.41, 5.74) is 1.30. The quantitative estimate of drug-likeness (QED) is 0.567. The molecule has 1 aliphatic heterocycles. The van der Waals surface area contributed by atoms with E-state index in [0.29, 0.717) is 6.04 Å². The van der Waals surface area contributed by atoms with E-state index < -0.39 is 0 Å². The van der Waals surface area contributed by atoms with E-state index in [1.54, 1.807) is 0 Å². The van der Waals surface area contributed by atoms with Gasteiger partial charge in [0.05, 0.1) is 0 Å². The zero-order valence-electron chi connectivity index (χ0n) is 7.70. The van der Waals surface area contributed by atoms with E-state index >= 15 is 0 Å². The van der Waals surface area contributed by atoms with Crippen LogP contribution >= 0.6 is 0 Å². The lowest BCUT2D eigenvalue weighted by Gasteiger charge is -2.30. The van der Waals surface area contributed by atoms with E-state index in [-0.39, 0.29) is 0 Å². The number of rotatable bonds is 1. The van der Waals surface area contributed by atoms with Crippen molar-refractivity contribution in [2.45, 2.75) is 26.8 Å². The zero-order chi connectivity index (χ0) is 8.43. The standard InChI is InChI=1S/C9H16N2/c1-8(2)11-6-5-10(4)7-9(11)3/h5-8H,1-4H3. The molecule has 62 valence electrons. The van der Waals surface area contributed by atoms with Gasteiger partial charge in [0.1, 0.15) is 0 Å². The molecule has 0 aromatic heterocycles. The maximum absolute atomic E-state index is 2.25. The van der Waals surface area contributed by atoms with Crippen molar-refractivity contribution < 1.29 is 0 Å². The van der Waals surface area contributed by atoms with Crippen LogP contribution in [-0.4, -0.2) is 22.9 Å². The molecule has 0 N–H and O–H groups in total. The molecule has 1 rings (SSSR count). The average Bonchev–Trinajstić information content (AvgIpc) is 1.85. The molecule has 1 aliphatic rings. The lowest BCUT2D eigenvalue weighted by atomic mass is 10.3. The fourth-order valence-electron chi connectivity index (χ4n) is 1.28. The molecule has 11 heavy (non-hydrogen) atoms. The van der Waals surface area contributed by atoms with Gasteiger partial charge in [-0.2, -0.15) is 0 Å². The summed E-state index contributed by atoms with van der Waals surface area (Å²) in [6, 6.07) is 0.552. The van der Waals surface area contributed by atoms with Crippen LogP contribution in [0.2, 0.25) is 0 Å². The Labute approximate surface area is 68.8 Å². The van der Waals surface area contributed by atoms with Gasteiger partial charge in [0.2, 0.25) is 0 Å². The van der Waals surface area contributed by atoms with E-state index in [0.717, 1.165) is 0 Å². The molecule has 0 saturated carbocycles. The van der Waals surface area contributed by atoms with Crippen molar-refractivity contribution in [1.29, 1.82) is 0 Å². The Morgan fingerprint density at radius 1 is 1.27 bits per heavy atom. The molecule has 0 radical (unpaired) electrons. The Bertz CT molecular complexity index is 192. The van der Waals surface area contributed by atoms with Gasteiger partial charge in [-0.3, -0.25) is 0 Å². The highest BCUT2D eigenvalue weighted by Gasteiger charge is 2.09. The summed E-state index contributed by atoms with van der Waals surface area (Å²) < 4.78 is 0. The maximum Gasteiger partial charge on any atom is 0.0309 e. The molecule has 0 amide bonds. The van der Waals surface area contributed by atoms with Gasteiger partial charge in [0.15, 0.2) is 0 Å². The van der Waals surface area contributed by atoms with Gasteiger partial charge in [-0.1, -0.05) is 0 Å². The summed E-state index contributed by atoms with van der Waals surface area (Å²) in [7, 11) is 2.04. The van der Waals surface area contributed by atoms with E-state index in [2.05, 4.69) is 49.2 Å². The molecule has 0 aromatic rings. The lowest BCUT2D eigenvalue weighted by molar-refractivity contribution is 0.355. The minimum absolute atomic E-state index is 0.552. The smallest absolute Gasteiger partial charge is 0.0309 e. The SMILES string of the molecule is CC1=CN(C)C=CN1C(C)C. The van der Waals surface area contributed by atoms with Crippen molar-refractivity contribution in [3.63, 3.8) is 0 Å². The van der Waals surface area contributed by atoms with E-state index in [1.807, 2.05) is 7.05 Å². The predicted molar refractivity (Wildman–Crippen MR) is 47.6 cm³/mol. The van der Waals surface area contributed by atoms with Crippen molar-refractivity contribution in [3.8, 4) is 0 Å². The Kier molecular flexibility index (Phi) is 2.22. The van der Waals surface area contributed by atoms with Crippen LogP contribution in [0.4, 0.5) is 0 Å². The molecule has 0 fully saturated rings. The van der Waals surface area contributed by atoms with Crippen molar-refractivity contribution >= 4 is 0 Å². The third-order valence-electron chi connectivity index (χ3n) is 1.82. The number of hydrogen-bond donors (Lipinski definition) is 0. The van der Waals surface area contributed by atoms with Gasteiger partial charge in [-0.05, 0) is 20.8 Å². The zero-order valence-corrected chi connectivity index (χ0v) is 7.70. The number of allylic oxidation sites excluding steroid dienone is 1. The fraction of sp³-hybridized carbons (Fsp3) is 0.556. The highest BCUT2D eigenvalue weighted by atomic mass is 15.2. The highest BCUT2D eigenvalue weighted by Crippen LogP contribution is 2.14. The topological polar surface area (TPSA) is 6.48 Å². The van der Waals surface area contributed by atoms with Crippen LogP contribution in [0.15, 0.2) is 24.3 Å². The second kappa shape index (κ2) is 2.99. The Balaban J connectivity index is 2.72. The van der Waals surface area contributed by atoms with E-state index in [9.17, 15) is 0 Å². The summed E-state index contributed by atoms with van der Waals surface area (Å²) in [6.07, 6.45) is 6.30. The molecule has 0 spiro atoms. The van der Waals surface area contributed by atoms with Crippen LogP contribution in [-0.2, 0) is 0 Å². The van der Waals surface area contributed by atoms with Crippen LogP contribution in [0, 0.1) is 0 Å². The molecule has 0 saturated heterocycles. The summed E-state index contributed by atoms with van der Waals surface area (Å²) in [4.78, 5) is 4.31. The van der Waals surface area contributed by atoms with Crippen LogP contribution in [0.1, 0.15) is 20.8 Å². The van der Waals surface area contributed by atoms with Gasteiger partial charge in [0, 0.05) is 37.4 Å². The van der Waals surface area contributed by atoms with Gasteiger partial charge in [-0.15, -0.1) is 0 Å². The summed E-state index contributed by atoms with van der Waals surface area (Å²) in [5, 5.41) is 0. The third kappa shape index (κ3) is 1.76. The van der Waals surface area contributed by atoms with Crippen molar-refractivity contribution in [2.24, 2.45) is 0 Å². The molecule has 0 atom stereocenters. The minimum atomic E-state index is 0.552. The normalized spacial score (nSPS) is 17.7. The summed E-state index contributed by atoms with van der Waals surface area (Å²) in [5.74, 6) is 0. The van der Waals surface area contributed by atoms with Gasteiger partial charge >= 0.3 is 0 Å². The molecule has 0 unspecified atom stereocenters. The second-order valence-corrected chi connectivity index (χ2v) is 3.24. The Morgan fingerprint density at radius 2 is 1.91 bits per heavy atom. The molecule has 0 aromatic carbocycles. The number of hydrogen-bond acceptors (Lipinski definition) is 2. The summed E-state index contributed by atoms with van der Waals surface area (Å²) in [6.45, 7) is 6.50. The first-order chi connectivity index (χ1) is 5.11. The largest absolute Gasteiger partial charge is 0.354 e. The molecule has 1 heterocycles. The first-order valence-corrected chi connectivity index (χ1v) is 3.98. The predicted octanol–water partition coefficient (Wildman–Crippen LogP) is 1.97. The second-order valence-electron chi connectivity index (χ2n) is 3.24. The van der Waals surface area contributed by atoms with Crippen LogP contribution in [0.5, 0.6) is 0 Å². The van der Waals surface area contributed by atoms with E-state index in [1.165, 1.54) is 5.70 Å². The molecule has 0 bridgehead atoms. The molecule has 2 nitrogen and oxygen atoms in total. The van der Waals surface area contributed by atoms with Crippen LogP contribution in [0.25, 0.3) is 0 Å². The van der Waals surface area contributed by atoms with Gasteiger partial charge in [0.25, 0.3) is 0 Å². The molecule has 2 heteroatoms. The third-order valence-corrected chi connectivity index (χ3v) is 1.82. The fourth-order valence-corrected chi connectivity index (χ4v) is 1.28. The van der Waals surface area contributed by atoms with Crippen molar-refractivity contribution in [2.75, 3.05) is 7.05 Å². The molecular weight excluding hydrogens is 136 g/mol. The monoisotopic (exact) mass is 152 g/mol. The van der Waals surface area contributed by atoms with Gasteiger partial charge < -0.3 is 9.80 Å². The lowest BCUT2D eigenvalue weighted by Crippen LogP contribution is -2.27. The summed E-state index contributed by atoms with van der Waals surface area (Å²) >= 11 is 0. The first kappa shape index (κ1) is 8.18. The Morgan fingerprint density at radius 3 is 2.36 bits per heavy atom. The van der Waals surface area contributed by atoms with Crippen molar-refractivity contribution in [3.05, 3.63) is 24.3 Å². The average molecular weight is 152 g/mol. The number of nitrogens with zero attached hydrogens (tertiary/aromatic N) is 2. The van der Waals surface area contributed by atoms with Gasteiger partial charge in [-0.25, -0.2) is 0 Å². The van der Waals surface area contributed by atoms with Crippen LogP contribution < -0.4 is 0 Å². The minimum Gasteiger partial charge on any atom is -0.354 e. The maximum atomic E-state index is 2.25. The van der Waals surface area contributed by atoms with Crippen molar-refractivity contribution in [1.82, 2.24) is 9.80 Å². The highest BCUT2D eigenvalue weighted by molar-refractivity contribution is 5.09.